The Balaban J connectivity index is 1.68. The molecule has 0 saturated carbocycles. The summed E-state index contributed by atoms with van der Waals surface area (Å²) in [5.41, 5.74) is 2.98. The summed E-state index contributed by atoms with van der Waals surface area (Å²) in [7, 11) is 0. The number of halogens is 1. The van der Waals surface area contributed by atoms with Crippen molar-refractivity contribution in [1.29, 1.82) is 0 Å². The number of aryl methyl sites for hydroxylation is 1. The van der Waals surface area contributed by atoms with Gasteiger partial charge in [-0.3, -0.25) is 9.78 Å². The minimum absolute atomic E-state index is 0.0271. The molecule has 3 aromatic rings. The standard InChI is InChI=1S/C20H21FN6O/c1-12-4-5-15-14(9-13(21)10-22-15)17-3-2-7-26(17)18-6-8-27-19(25-18)16(11-23-27)24-20(12)28/h6,8-12,17H,2-5,7H2,1H3,(H,24,28)/t12-,17+/m0/s1. The Kier molecular flexibility index (Phi) is 3.99. The largest absolute Gasteiger partial charge is 0.349 e. The monoisotopic (exact) mass is 380 g/mol. The number of hydrogen-bond donors (Lipinski definition) is 1. The molecule has 2 aliphatic rings. The molecular weight excluding hydrogens is 359 g/mol. The first kappa shape index (κ1) is 17.1. The third-order valence-corrected chi connectivity index (χ3v) is 5.75. The predicted octanol–water partition coefficient (Wildman–Crippen LogP) is 3.13. The van der Waals surface area contributed by atoms with Crippen molar-refractivity contribution in [3.63, 3.8) is 0 Å². The SMILES string of the molecule is C[C@H]1CCc2ncc(F)cc2[C@H]2CCCN2c2ccn3ncc(c3n2)NC1=O. The van der Waals surface area contributed by atoms with E-state index in [9.17, 15) is 9.18 Å². The molecule has 0 radical (unpaired) electrons. The molecule has 0 aromatic carbocycles. The summed E-state index contributed by atoms with van der Waals surface area (Å²) in [6, 6.07) is 3.54. The Labute approximate surface area is 161 Å². The number of fused-ring (bicyclic) bond motifs is 5. The van der Waals surface area contributed by atoms with Crippen LogP contribution in [0.4, 0.5) is 15.9 Å². The molecule has 3 aromatic heterocycles. The lowest BCUT2D eigenvalue weighted by atomic mass is 9.96. The summed E-state index contributed by atoms with van der Waals surface area (Å²) < 4.78 is 15.7. The van der Waals surface area contributed by atoms with E-state index in [-0.39, 0.29) is 23.7 Å². The fourth-order valence-electron chi connectivity index (χ4n) is 4.19. The van der Waals surface area contributed by atoms with Gasteiger partial charge in [0.1, 0.15) is 17.3 Å². The van der Waals surface area contributed by atoms with Gasteiger partial charge in [0.2, 0.25) is 5.91 Å². The smallest absolute Gasteiger partial charge is 0.227 e. The minimum atomic E-state index is -0.331. The van der Waals surface area contributed by atoms with E-state index in [1.165, 1.54) is 6.20 Å². The highest BCUT2D eigenvalue weighted by Crippen LogP contribution is 2.37. The van der Waals surface area contributed by atoms with E-state index < -0.39 is 0 Å². The number of pyridine rings is 1. The first-order valence-corrected chi connectivity index (χ1v) is 9.66. The summed E-state index contributed by atoms with van der Waals surface area (Å²) in [5, 5.41) is 7.24. The van der Waals surface area contributed by atoms with Gasteiger partial charge < -0.3 is 10.2 Å². The third kappa shape index (κ3) is 2.80. The van der Waals surface area contributed by atoms with E-state index in [4.69, 9.17) is 4.98 Å². The normalized spacial score (nSPS) is 22.2. The summed E-state index contributed by atoms with van der Waals surface area (Å²) >= 11 is 0. The van der Waals surface area contributed by atoms with E-state index in [1.54, 1.807) is 16.8 Å². The van der Waals surface area contributed by atoms with Crippen molar-refractivity contribution in [2.75, 3.05) is 16.8 Å². The molecule has 144 valence electrons. The zero-order chi connectivity index (χ0) is 19.3. The number of carbonyl (C=O) groups excluding carboxylic acids is 1. The van der Waals surface area contributed by atoms with E-state index >= 15 is 0 Å². The second-order valence-corrected chi connectivity index (χ2v) is 7.58. The first-order chi connectivity index (χ1) is 13.6. The van der Waals surface area contributed by atoms with Gasteiger partial charge in [-0.25, -0.2) is 13.9 Å². The van der Waals surface area contributed by atoms with Crippen LogP contribution in [0.25, 0.3) is 5.65 Å². The van der Waals surface area contributed by atoms with Gasteiger partial charge in [0.25, 0.3) is 0 Å². The van der Waals surface area contributed by atoms with Crippen LogP contribution < -0.4 is 10.2 Å². The zero-order valence-electron chi connectivity index (χ0n) is 15.6. The van der Waals surface area contributed by atoms with Crippen LogP contribution in [0.1, 0.15) is 43.5 Å². The molecule has 5 rings (SSSR count). The molecule has 5 heterocycles. The Morgan fingerprint density at radius 3 is 3.07 bits per heavy atom. The number of aromatic nitrogens is 4. The third-order valence-electron chi connectivity index (χ3n) is 5.75. The number of nitrogens with zero attached hydrogens (tertiary/aromatic N) is 5. The molecule has 28 heavy (non-hydrogen) atoms. The van der Waals surface area contributed by atoms with Gasteiger partial charge in [-0.15, -0.1) is 0 Å². The molecule has 1 N–H and O–H groups in total. The lowest BCUT2D eigenvalue weighted by Gasteiger charge is -2.27. The lowest BCUT2D eigenvalue weighted by Crippen LogP contribution is -2.25. The van der Waals surface area contributed by atoms with Crippen LogP contribution in [-0.2, 0) is 11.2 Å². The van der Waals surface area contributed by atoms with Gasteiger partial charge in [0.15, 0.2) is 5.65 Å². The molecule has 1 amide bonds. The van der Waals surface area contributed by atoms with Gasteiger partial charge in [-0.1, -0.05) is 6.92 Å². The van der Waals surface area contributed by atoms with Gasteiger partial charge in [-0.2, -0.15) is 5.10 Å². The number of hydrogen-bond acceptors (Lipinski definition) is 5. The number of rotatable bonds is 0. The predicted molar refractivity (Wildman–Crippen MR) is 103 cm³/mol. The molecule has 1 saturated heterocycles. The number of amides is 1. The van der Waals surface area contributed by atoms with Crippen LogP contribution in [-0.4, -0.2) is 32.0 Å². The van der Waals surface area contributed by atoms with Crippen LogP contribution in [0.5, 0.6) is 0 Å². The fraction of sp³-hybridized carbons (Fsp3) is 0.400. The van der Waals surface area contributed by atoms with Crippen LogP contribution in [0.3, 0.4) is 0 Å². The summed E-state index contributed by atoms with van der Waals surface area (Å²) in [6.45, 7) is 2.74. The molecule has 2 aliphatic heterocycles. The van der Waals surface area contributed by atoms with Crippen molar-refractivity contribution in [3.8, 4) is 0 Å². The highest BCUT2D eigenvalue weighted by Gasteiger charge is 2.31. The summed E-state index contributed by atoms with van der Waals surface area (Å²) in [4.78, 5) is 24.0. The van der Waals surface area contributed by atoms with E-state index in [1.807, 2.05) is 19.2 Å². The number of anilines is 2. The highest BCUT2D eigenvalue weighted by atomic mass is 19.1. The molecule has 8 heteroatoms. The zero-order valence-corrected chi connectivity index (χ0v) is 15.6. The van der Waals surface area contributed by atoms with Gasteiger partial charge in [0, 0.05) is 24.4 Å². The molecule has 0 spiro atoms. The van der Waals surface area contributed by atoms with Crippen molar-refractivity contribution in [3.05, 3.63) is 47.8 Å². The number of nitrogens with one attached hydrogen (secondary N) is 1. The molecule has 7 nitrogen and oxygen atoms in total. The van der Waals surface area contributed by atoms with Crippen LogP contribution in [0, 0.1) is 11.7 Å². The van der Waals surface area contributed by atoms with E-state index in [0.717, 1.165) is 36.5 Å². The van der Waals surface area contributed by atoms with Crippen molar-refractivity contribution < 1.29 is 9.18 Å². The minimum Gasteiger partial charge on any atom is -0.349 e. The summed E-state index contributed by atoms with van der Waals surface area (Å²) in [6.07, 6.45) is 7.93. The Bertz CT molecular complexity index is 1060. The fourth-order valence-corrected chi connectivity index (χ4v) is 4.19. The molecule has 0 aliphatic carbocycles. The highest BCUT2D eigenvalue weighted by molar-refractivity contribution is 5.95. The first-order valence-electron chi connectivity index (χ1n) is 9.66. The quantitative estimate of drug-likeness (QED) is 0.649. The second-order valence-electron chi connectivity index (χ2n) is 7.58. The average Bonchev–Trinajstić information content (AvgIpc) is 3.33. The topological polar surface area (TPSA) is 75.4 Å². The molecular formula is C20H21FN6O. The van der Waals surface area contributed by atoms with Crippen molar-refractivity contribution in [1.82, 2.24) is 19.6 Å². The van der Waals surface area contributed by atoms with E-state index in [0.29, 0.717) is 24.2 Å². The maximum absolute atomic E-state index is 14.1. The van der Waals surface area contributed by atoms with Crippen LogP contribution in [0.2, 0.25) is 0 Å². The Morgan fingerprint density at radius 2 is 2.18 bits per heavy atom. The Morgan fingerprint density at radius 1 is 1.29 bits per heavy atom. The number of carbonyl (C=O) groups is 1. The molecule has 2 bridgehead atoms. The average molecular weight is 380 g/mol. The Hall–Kier alpha value is -3.03. The maximum Gasteiger partial charge on any atom is 0.227 e. The molecule has 2 atom stereocenters. The van der Waals surface area contributed by atoms with E-state index in [2.05, 4.69) is 20.3 Å². The maximum atomic E-state index is 14.1. The molecule has 0 unspecified atom stereocenters. The van der Waals surface area contributed by atoms with Crippen LogP contribution in [0.15, 0.2) is 30.7 Å². The van der Waals surface area contributed by atoms with Gasteiger partial charge in [0.05, 0.1) is 18.4 Å². The molecule has 1 fully saturated rings. The summed E-state index contributed by atoms with van der Waals surface area (Å²) in [5.74, 6) is 0.180. The van der Waals surface area contributed by atoms with Crippen molar-refractivity contribution in [2.45, 2.75) is 38.6 Å². The lowest BCUT2D eigenvalue weighted by molar-refractivity contribution is -0.119. The van der Waals surface area contributed by atoms with Crippen LogP contribution >= 0.6 is 0 Å². The second kappa shape index (κ2) is 6.54. The van der Waals surface area contributed by atoms with Crippen molar-refractivity contribution >= 4 is 23.1 Å². The van der Waals surface area contributed by atoms with Gasteiger partial charge >= 0.3 is 0 Å². The van der Waals surface area contributed by atoms with Gasteiger partial charge in [-0.05, 0) is 43.4 Å². The van der Waals surface area contributed by atoms with Crippen molar-refractivity contribution in [2.24, 2.45) is 5.92 Å².